The molecule has 0 spiro atoms. The van der Waals surface area contributed by atoms with E-state index in [9.17, 15) is 0 Å². The fraction of sp³-hybridized carbons (Fsp3) is 0.158. The predicted molar refractivity (Wildman–Crippen MR) is 252 cm³/mol. The van der Waals surface area contributed by atoms with E-state index in [1.807, 2.05) is 156 Å². The van der Waals surface area contributed by atoms with Gasteiger partial charge in [0.05, 0.1) is 17.1 Å². The smallest absolute Gasteiger partial charge is 0.136 e. The van der Waals surface area contributed by atoms with E-state index < -0.39 is 0 Å². The average Bonchev–Trinajstić information content (AvgIpc) is 3.25. The second kappa shape index (κ2) is 15.1. The van der Waals surface area contributed by atoms with Crippen molar-refractivity contribution in [1.82, 2.24) is 0 Å². The highest BCUT2D eigenvalue weighted by molar-refractivity contribution is 6.03. The van der Waals surface area contributed by atoms with Crippen LogP contribution in [0.1, 0.15) is 50.1 Å². The molecular formula is C57H48F3N. The number of halogens is 3. The zero-order valence-electron chi connectivity index (χ0n) is 36.2. The summed E-state index contributed by atoms with van der Waals surface area (Å²) in [6.07, 6.45) is 0. The van der Waals surface area contributed by atoms with Crippen molar-refractivity contribution in [2.24, 2.45) is 0 Å². The van der Waals surface area contributed by atoms with E-state index in [-0.39, 0.29) is 17.5 Å². The standard InChI is InChI=1S/C57H48F3N/c1-31-22-25-40-16-10-13-19-43(40)49(31)52-34(4)28-46(37(7)55(52)58)61(47-29-35(5)53(56(59)38(47)8)50-32(2)23-26-41-17-11-14-20-44(41)50)48-30-36(6)54(57(60)39(48)9)51-33(3)24-27-42-18-12-15-21-45(42)51/h10-30H,1-9H3. The van der Waals surface area contributed by atoms with Crippen LogP contribution < -0.4 is 4.90 Å². The fourth-order valence-corrected chi connectivity index (χ4v) is 9.72. The molecule has 0 aliphatic rings. The molecule has 0 aromatic heterocycles. The van der Waals surface area contributed by atoms with E-state index in [1.54, 1.807) is 20.8 Å². The van der Waals surface area contributed by atoms with Gasteiger partial charge in [0.15, 0.2) is 0 Å². The maximum atomic E-state index is 17.6. The molecule has 1 nitrogen and oxygen atoms in total. The number of aryl methyl sites for hydroxylation is 6. The first-order chi connectivity index (χ1) is 29.3. The largest absolute Gasteiger partial charge is 0.309 e. The second-order valence-corrected chi connectivity index (χ2v) is 16.9. The minimum atomic E-state index is -0.366. The van der Waals surface area contributed by atoms with Crippen molar-refractivity contribution in [3.05, 3.63) is 195 Å². The summed E-state index contributed by atoms with van der Waals surface area (Å²) in [5.41, 5.74) is 11.8. The molecule has 9 aromatic carbocycles. The van der Waals surface area contributed by atoms with Crippen LogP contribution in [0.2, 0.25) is 0 Å². The van der Waals surface area contributed by atoms with Crippen molar-refractivity contribution < 1.29 is 13.2 Å². The third-order valence-electron chi connectivity index (χ3n) is 12.9. The summed E-state index contributed by atoms with van der Waals surface area (Å²) in [6.45, 7) is 17.2. The van der Waals surface area contributed by atoms with Crippen LogP contribution in [0.5, 0.6) is 0 Å². The van der Waals surface area contributed by atoms with Crippen LogP contribution in [0.15, 0.2) is 127 Å². The van der Waals surface area contributed by atoms with Gasteiger partial charge in [-0.25, -0.2) is 13.2 Å². The van der Waals surface area contributed by atoms with Crippen LogP contribution in [-0.4, -0.2) is 0 Å². The minimum absolute atomic E-state index is 0.366. The van der Waals surface area contributed by atoms with Gasteiger partial charge in [-0.2, -0.15) is 0 Å². The van der Waals surface area contributed by atoms with Gasteiger partial charge in [-0.05, 0) is 163 Å². The molecule has 0 heterocycles. The molecule has 9 rings (SSSR count). The normalized spacial score (nSPS) is 11.6. The maximum absolute atomic E-state index is 17.6. The Labute approximate surface area is 356 Å². The van der Waals surface area contributed by atoms with Crippen LogP contribution >= 0.6 is 0 Å². The van der Waals surface area contributed by atoms with E-state index in [4.69, 9.17) is 0 Å². The lowest BCUT2D eigenvalue weighted by Crippen LogP contribution is -2.18. The topological polar surface area (TPSA) is 3.24 Å². The molecule has 0 radical (unpaired) electrons. The van der Waals surface area contributed by atoms with Gasteiger partial charge < -0.3 is 4.90 Å². The van der Waals surface area contributed by atoms with Gasteiger partial charge in [0.2, 0.25) is 0 Å². The van der Waals surface area contributed by atoms with Crippen LogP contribution in [0.4, 0.5) is 30.2 Å². The van der Waals surface area contributed by atoms with Crippen molar-refractivity contribution in [3.8, 4) is 33.4 Å². The highest BCUT2D eigenvalue weighted by atomic mass is 19.1. The van der Waals surface area contributed by atoms with Gasteiger partial charge in [0.1, 0.15) is 17.5 Å². The Kier molecular flexibility index (Phi) is 9.86. The summed E-state index contributed by atoms with van der Waals surface area (Å²) in [4.78, 5) is 1.89. The summed E-state index contributed by atoms with van der Waals surface area (Å²) < 4.78 is 52.8. The van der Waals surface area contributed by atoms with Crippen LogP contribution in [0.3, 0.4) is 0 Å². The van der Waals surface area contributed by atoms with Crippen molar-refractivity contribution in [2.75, 3.05) is 4.90 Å². The molecule has 0 unspecified atom stereocenters. The van der Waals surface area contributed by atoms with Crippen molar-refractivity contribution in [1.29, 1.82) is 0 Å². The van der Waals surface area contributed by atoms with E-state index in [0.717, 1.165) is 82.4 Å². The Hall–Kier alpha value is -6.65. The van der Waals surface area contributed by atoms with Crippen molar-refractivity contribution in [3.63, 3.8) is 0 Å². The zero-order chi connectivity index (χ0) is 43.0. The first-order valence-electron chi connectivity index (χ1n) is 20.9. The van der Waals surface area contributed by atoms with Crippen molar-refractivity contribution in [2.45, 2.75) is 62.3 Å². The van der Waals surface area contributed by atoms with Crippen LogP contribution in [0.25, 0.3) is 65.7 Å². The maximum Gasteiger partial charge on any atom is 0.136 e. The van der Waals surface area contributed by atoms with Crippen LogP contribution in [-0.2, 0) is 0 Å². The number of hydrogen-bond acceptors (Lipinski definition) is 1. The molecule has 0 N–H and O–H groups in total. The van der Waals surface area contributed by atoms with Gasteiger partial charge in [0, 0.05) is 33.4 Å². The Morgan fingerprint density at radius 2 is 0.557 bits per heavy atom. The summed E-state index contributed by atoms with van der Waals surface area (Å²) >= 11 is 0. The third-order valence-corrected chi connectivity index (χ3v) is 12.9. The summed E-state index contributed by atoms with van der Waals surface area (Å²) in [5.74, 6) is -1.10. The lowest BCUT2D eigenvalue weighted by atomic mass is 9.87. The molecular weight excluding hydrogens is 756 g/mol. The highest BCUT2D eigenvalue weighted by Crippen LogP contribution is 2.50. The highest BCUT2D eigenvalue weighted by Gasteiger charge is 2.30. The van der Waals surface area contributed by atoms with E-state index in [2.05, 4.69) is 18.2 Å². The second-order valence-electron chi connectivity index (χ2n) is 16.9. The van der Waals surface area contributed by atoms with Crippen LogP contribution in [0, 0.1) is 79.8 Å². The molecule has 302 valence electrons. The molecule has 9 aromatic rings. The molecule has 0 fully saturated rings. The Morgan fingerprint density at radius 1 is 0.295 bits per heavy atom. The Morgan fingerprint density at radius 3 is 0.836 bits per heavy atom. The third kappa shape index (κ3) is 6.31. The molecule has 4 heteroatoms. The molecule has 0 saturated heterocycles. The SMILES string of the molecule is Cc1cc(N(c2cc(C)c(-c3c(C)ccc4ccccc34)c(F)c2C)c2cc(C)c(-c3c(C)ccc4ccccc34)c(F)c2C)c(C)c(F)c1-c1c(C)ccc2ccccc12. The molecule has 0 amide bonds. The van der Waals surface area contributed by atoms with Gasteiger partial charge >= 0.3 is 0 Å². The minimum Gasteiger partial charge on any atom is -0.309 e. The van der Waals surface area contributed by atoms with E-state index in [1.165, 1.54) is 0 Å². The first-order valence-corrected chi connectivity index (χ1v) is 20.9. The lowest BCUT2D eigenvalue weighted by molar-refractivity contribution is 0.618. The molecule has 0 aliphatic carbocycles. The van der Waals surface area contributed by atoms with Gasteiger partial charge in [-0.3, -0.25) is 0 Å². The van der Waals surface area contributed by atoms with Gasteiger partial charge in [-0.15, -0.1) is 0 Å². The molecule has 0 atom stereocenters. The summed E-state index contributed by atoms with van der Waals surface area (Å²) in [5, 5.41) is 5.97. The predicted octanol–water partition coefficient (Wildman–Crippen LogP) is 16.8. The molecule has 0 aliphatic heterocycles. The van der Waals surface area contributed by atoms with E-state index >= 15 is 13.2 Å². The monoisotopic (exact) mass is 803 g/mol. The molecule has 0 bridgehead atoms. The number of fused-ring (bicyclic) bond motifs is 3. The van der Waals surface area contributed by atoms with Gasteiger partial charge in [-0.1, -0.05) is 109 Å². The lowest BCUT2D eigenvalue weighted by Gasteiger charge is -2.33. The molecule has 0 saturated carbocycles. The number of nitrogens with zero attached hydrogens (tertiary/aromatic N) is 1. The number of hydrogen-bond donors (Lipinski definition) is 0. The first kappa shape index (κ1) is 39.8. The van der Waals surface area contributed by atoms with E-state index in [0.29, 0.717) is 50.4 Å². The summed E-state index contributed by atoms with van der Waals surface area (Å²) in [7, 11) is 0. The Bertz CT molecular complexity index is 2930. The zero-order valence-corrected chi connectivity index (χ0v) is 36.2. The summed E-state index contributed by atoms with van der Waals surface area (Å²) in [6, 6.07) is 42.4. The Balaban J connectivity index is 1.34. The number of benzene rings is 9. The average molecular weight is 804 g/mol. The van der Waals surface area contributed by atoms with Crippen molar-refractivity contribution >= 4 is 49.4 Å². The molecule has 61 heavy (non-hydrogen) atoms. The van der Waals surface area contributed by atoms with Gasteiger partial charge in [0.25, 0.3) is 0 Å². The number of anilines is 3. The number of rotatable bonds is 6. The quantitative estimate of drug-likeness (QED) is 0.162. The fourth-order valence-electron chi connectivity index (χ4n) is 9.72.